The molecule has 0 saturated carbocycles. The summed E-state index contributed by atoms with van der Waals surface area (Å²) in [5.41, 5.74) is 2.85. The Morgan fingerprint density at radius 2 is 1.55 bits per heavy atom. The molecule has 3 rings (SSSR count). The second-order valence-corrected chi connectivity index (χ2v) is 6.55. The largest absolute Gasteiger partial charge is 0.497 e. The fourth-order valence-electron chi connectivity index (χ4n) is 2.69. The summed E-state index contributed by atoms with van der Waals surface area (Å²) in [4.78, 5) is 10.8. The number of anilines is 2. The number of nitrogens with zero attached hydrogens (tertiary/aromatic N) is 3. The van der Waals surface area contributed by atoms with Crippen molar-refractivity contribution in [3.05, 3.63) is 60.9 Å². The van der Waals surface area contributed by atoms with Crippen LogP contribution < -0.4 is 14.8 Å². The molecule has 0 aliphatic carbocycles. The average Bonchev–Trinajstić information content (AvgIpc) is 2.76. The number of hydrogen-bond acceptors (Lipinski definition) is 7. The van der Waals surface area contributed by atoms with Gasteiger partial charge in [0.2, 0.25) is 5.95 Å². The second-order valence-electron chi connectivity index (χ2n) is 6.55. The Morgan fingerprint density at radius 3 is 2.17 bits per heavy atom. The second kappa shape index (κ2) is 10.4. The van der Waals surface area contributed by atoms with E-state index in [9.17, 15) is 0 Å². The van der Waals surface area contributed by atoms with Gasteiger partial charge in [0.1, 0.15) is 18.1 Å². The minimum Gasteiger partial charge on any atom is -0.497 e. The maximum atomic E-state index is 8.89. The molecule has 0 unspecified atom stereocenters. The summed E-state index contributed by atoms with van der Waals surface area (Å²) < 4.78 is 10.9. The summed E-state index contributed by atoms with van der Waals surface area (Å²) in [5, 5.41) is 12.1. The summed E-state index contributed by atoms with van der Waals surface area (Å²) in [7, 11) is 3.60. The lowest BCUT2D eigenvalue weighted by Gasteiger charge is -2.15. The van der Waals surface area contributed by atoms with E-state index >= 15 is 0 Å². The predicted octanol–water partition coefficient (Wildman–Crippen LogP) is 3.20. The average molecular weight is 394 g/mol. The quantitative estimate of drug-likeness (QED) is 0.547. The lowest BCUT2D eigenvalue weighted by atomic mass is 10.1. The number of nitrogens with one attached hydrogen (secondary N) is 1. The van der Waals surface area contributed by atoms with Crippen molar-refractivity contribution in [2.45, 2.75) is 0 Å². The highest BCUT2D eigenvalue weighted by Crippen LogP contribution is 2.23. The highest BCUT2D eigenvalue weighted by molar-refractivity contribution is 5.63. The van der Waals surface area contributed by atoms with Crippen molar-refractivity contribution in [1.82, 2.24) is 14.9 Å². The summed E-state index contributed by atoms with van der Waals surface area (Å²) >= 11 is 0. The van der Waals surface area contributed by atoms with Crippen molar-refractivity contribution in [2.24, 2.45) is 0 Å². The Morgan fingerprint density at radius 1 is 0.897 bits per heavy atom. The summed E-state index contributed by atoms with van der Waals surface area (Å²) in [6, 6.07) is 15.4. The van der Waals surface area contributed by atoms with Crippen molar-refractivity contribution in [3.63, 3.8) is 0 Å². The van der Waals surface area contributed by atoms with E-state index in [0.29, 0.717) is 19.1 Å². The minimum absolute atomic E-state index is 0.153. The smallest absolute Gasteiger partial charge is 0.227 e. The number of hydrogen-bond donors (Lipinski definition) is 2. The predicted molar refractivity (Wildman–Crippen MR) is 114 cm³/mol. The number of ether oxygens (including phenoxy) is 2. The highest BCUT2D eigenvalue weighted by Gasteiger charge is 2.03. The van der Waals surface area contributed by atoms with Gasteiger partial charge < -0.3 is 24.8 Å². The van der Waals surface area contributed by atoms with Crippen molar-refractivity contribution in [3.8, 4) is 22.6 Å². The molecule has 0 fully saturated rings. The van der Waals surface area contributed by atoms with Gasteiger partial charge in [-0.05, 0) is 49.0 Å². The van der Waals surface area contributed by atoms with Crippen LogP contribution in [0.4, 0.5) is 11.6 Å². The number of aromatic nitrogens is 2. The standard InChI is InChI=1S/C22H26N4O3/c1-26(11-13-27)12-14-29-21-9-5-19(6-10-21)25-22-23-15-18(16-24-22)17-3-7-20(28-2)8-4-17/h3-10,15-16,27H,11-14H2,1-2H3,(H,23,24,25). The van der Waals surface area contributed by atoms with E-state index in [1.807, 2.05) is 60.5 Å². The Hall–Kier alpha value is -3.16. The molecule has 29 heavy (non-hydrogen) atoms. The molecule has 7 heteroatoms. The van der Waals surface area contributed by atoms with Crippen molar-refractivity contribution >= 4 is 11.6 Å². The molecule has 1 aromatic heterocycles. The van der Waals surface area contributed by atoms with Crippen LogP contribution in [-0.4, -0.2) is 60.4 Å². The first-order valence-corrected chi connectivity index (χ1v) is 9.43. The third-order valence-electron chi connectivity index (χ3n) is 4.41. The zero-order valence-electron chi connectivity index (χ0n) is 16.7. The minimum atomic E-state index is 0.153. The molecule has 0 aliphatic heterocycles. The molecule has 0 amide bonds. The molecule has 7 nitrogen and oxygen atoms in total. The molecule has 0 aliphatic rings. The van der Waals surface area contributed by atoms with Gasteiger partial charge in [-0.1, -0.05) is 12.1 Å². The number of methoxy groups -OCH3 is 1. The van der Waals surface area contributed by atoms with Crippen LogP contribution in [0.15, 0.2) is 60.9 Å². The third kappa shape index (κ3) is 6.17. The van der Waals surface area contributed by atoms with Gasteiger partial charge in [-0.15, -0.1) is 0 Å². The Balaban J connectivity index is 1.53. The first-order chi connectivity index (χ1) is 14.2. The number of rotatable bonds is 10. The topological polar surface area (TPSA) is 79.7 Å². The van der Waals surface area contributed by atoms with Crippen LogP contribution in [0.2, 0.25) is 0 Å². The van der Waals surface area contributed by atoms with Gasteiger partial charge >= 0.3 is 0 Å². The van der Waals surface area contributed by atoms with Gasteiger partial charge in [0.15, 0.2) is 0 Å². The highest BCUT2D eigenvalue weighted by atomic mass is 16.5. The Labute approximate surface area is 171 Å². The number of likely N-dealkylation sites (N-methyl/N-ethyl adjacent to an activating group) is 1. The maximum Gasteiger partial charge on any atom is 0.227 e. The van der Waals surface area contributed by atoms with Crippen LogP contribution in [-0.2, 0) is 0 Å². The van der Waals surface area contributed by atoms with Gasteiger partial charge in [-0.3, -0.25) is 0 Å². The Kier molecular flexibility index (Phi) is 7.38. The van der Waals surface area contributed by atoms with Crippen LogP contribution in [0.5, 0.6) is 11.5 Å². The third-order valence-corrected chi connectivity index (χ3v) is 4.41. The molecule has 1 heterocycles. The van der Waals surface area contributed by atoms with Crippen LogP contribution in [0, 0.1) is 0 Å². The van der Waals surface area contributed by atoms with E-state index in [2.05, 4.69) is 15.3 Å². The van der Waals surface area contributed by atoms with Crippen LogP contribution >= 0.6 is 0 Å². The van der Waals surface area contributed by atoms with E-state index in [1.54, 1.807) is 19.5 Å². The van der Waals surface area contributed by atoms with Crippen LogP contribution in [0.25, 0.3) is 11.1 Å². The number of aliphatic hydroxyl groups excluding tert-OH is 1. The lowest BCUT2D eigenvalue weighted by Crippen LogP contribution is -2.27. The molecule has 3 aromatic rings. The molecule has 0 saturated heterocycles. The van der Waals surface area contributed by atoms with Crippen LogP contribution in [0.1, 0.15) is 0 Å². The first-order valence-electron chi connectivity index (χ1n) is 9.43. The van der Waals surface area contributed by atoms with Gasteiger partial charge in [0.05, 0.1) is 13.7 Å². The fraction of sp³-hybridized carbons (Fsp3) is 0.273. The molecular formula is C22H26N4O3. The van der Waals surface area contributed by atoms with Gasteiger partial charge in [0, 0.05) is 36.7 Å². The lowest BCUT2D eigenvalue weighted by molar-refractivity contribution is 0.192. The normalized spacial score (nSPS) is 10.8. The van der Waals surface area contributed by atoms with E-state index in [1.165, 1.54) is 0 Å². The molecule has 0 radical (unpaired) electrons. The zero-order chi connectivity index (χ0) is 20.5. The van der Waals surface area contributed by atoms with Gasteiger partial charge in [-0.25, -0.2) is 9.97 Å². The van der Waals surface area contributed by atoms with Gasteiger partial charge in [-0.2, -0.15) is 0 Å². The van der Waals surface area contributed by atoms with E-state index in [0.717, 1.165) is 34.9 Å². The van der Waals surface area contributed by atoms with E-state index < -0.39 is 0 Å². The van der Waals surface area contributed by atoms with Gasteiger partial charge in [0.25, 0.3) is 0 Å². The molecule has 0 bridgehead atoms. The number of benzene rings is 2. The molecule has 0 atom stereocenters. The molecule has 152 valence electrons. The fourth-order valence-corrected chi connectivity index (χ4v) is 2.69. The van der Waals surface area contributed by atoms with Crippen LogP contribution in [0.3, 0.4) is 0 Å². The van der Waals surface area contributed by atoms with Crippen molar-refractivity contribution in [2.75, 3.05) is 45.8 Å². The maximum absolute atomic E-state index is 8.89. The van der Waals surface area contributed by atoms with Crippen molar-refractivity contribution < 1.29 is 14.6 Å². The van der Waals surface area contributed by atoms with Crippen molar-refractivity contribution in [1.29, 1.82) is 0 Å². The molecule has 2 aromatic carbocycles. The zero-order valence-corrected chi connectivity index (χ0v) is 16.7. The SMILES string of the molecule is COc1ccc(-c2cnc(Nc3ccc(OCCN(C)CCO)cc3)nc2)cc1. The molecule has 2 N–H and O–H groups in total. The molecular weight excluding hydrogens is 368 g/mol. The molecule has 0 spiro atoms. The first kappa shape index (κ1) is 20.6. The number of aliphatic hydroxyl groups is 1. The Bertz CT molecular complexity index is 868. The summed E-state index contributed by atoms with van der Waals surface area (Å²) in [6.45, 7) is 2.12. The monoisotopic (exact) mass is 394 g/mol. The van der Waals surface area contributed by atoms with E-state index in [-0.39, 0.29) is 6.61 Å². The summed E-state index contributed by atoms with van der Waals surface area (Å²) in [6.07, 6.45) is 3.58. The summed E-state index contributed by atoms with van der Waals surface area (Å²) in [5.74, 6) is 2.14. The van der Waals surface area contributed by atoms with E-state index in [4.69, 9.17) is 14.6 Å².